The molecule has 0 saturated carbocycles. The van der Waals surface area contributed by atoms with Gasteiger partial charge >= 0.3 is 6.18 Å². The predicted molar refractivity (Wildman–Crippen MR) is 64.9 cm³/mol. The summed E-state index contributed by atoms with van der Waals surface area (Å²) in [6, 6.07) is 1.03. The Labute approximate surface area is 107 Å². The van der Waals surface area contributed by atoms with Crippen molar-refractivity contribution in [3.05, 3.63) is 22.3 Å². The lowest BCUT2D eigenvalue weighted by atomic mass is 10.0. The molecule has 1 rings (SSSR count). The first-order valence-corrected chi connectivity index (χ1v) is 5.96. The summed E-state index contributed by atoms with van der Waals surface area (Å²) < 4.78 is 38.7. The number of anilines is 1. The van der Waals surface area contributed by atoms with E-state index in [1.807, 2.05) is 20.8 Å². The van der Waals surface area contributed by atoms with Crippen LogP contribution in [0.15, 0.2) is 16.7 Å². The summed E-state index contributed by atoms with van der Waals surface area (Å²) in [4.78, 5) is 3.80. The quantitative estimate of drug-likeness (QED) is 0.891. The van der Waals surface area contributed by atoms with Gasteiger partial charge in [0.25, 0.3) is 0 Å². The van der Waals surface area contributed by atoms with Crippen molar-refractivity contribution in [3.8, 4) is 0 Å². The number of halogens is 4. The van der Waals surface area contributed by atoms with Gasteiger partial charge in [0, 0.05) is 16.2 Å². The van der Waals surface area contributed by atoms with Crippen molar-refractivity contribution in [2.75, 3.05) is 5.32 Å². The fourth-order valence-corrected chi connectivity index (χ4v) is 1.50. The highest BCUT2D eigenvalue weighted by Crippen LogP contribution is 2.36. The molecule has 0 fully saturated rings. The van der Waals surface area contributed by atoms with Crippen LogP contribution in [0.4, 0.5) is 19.0 Å². The Hall–Kier alpha value is -0.780. The molecule has 1 aromatic heterocycles. The molecule has 0 bridgehead atoms. The molecule has 0 spiro atoms. The van der Waals surface area contributed by atoms with Gasteiger partial charge in [0.15, 0.2) is 0 Å². The van der Waals surface area contributed by atoms with Gasteiger partial charge in [0.2, 0.25) is 0 Å². The zero-order valence-corrected chi connectivity index (χ0v) is 11.4. The van der Waals surface area contributed by atoms with Gasteiger partial charge in [-0.2, -0.15) is 13.2 Å². The van der Waals surface area contributed by atoms with E-state index in [1.165, 1.54) is 6.20 Å². The number of rotatable bonds is 3. The van der Waals surface area contributed by atoms with Crippen molar-refractivity contribution in [2.45, 2.75) is 38.9 Å². The van der Waals surface area contributed by atoms with Gasteiger partial charge in [-0.15, -0.1) is 0 Å². The van der Waals surface area contributed by atoms with Gasteiger partial charge in [-0.1, -0.05) is 6.92 Å². The number of nitrogens with one attached hydrogen (secondary N) is 1. The molecule has 0 unspecified atom stereocenters. The van der Waals surface area contributed by atoms with Crippen molar-refractivity contribution < 1.29 is 13.2 Å². The third kappa shape index (κ3) is 3.87. The fourth-order valence-electron chi connectivity index (χ4n) is 1.16. The van der Waals surface area contributed by atoms with Gasteiger partial charge in [-0.05, 0) is 42.3 Å². The molecule has 2 nitrogen and oxygen atoms in total. The summed E-state index contributed by atoms with van der Waals surface area (Å²) in [6.07, 6.45) is -2.37. The number of hydrogen-bond acceptors (Lipinski definition) is 2. The molecular weight excluding hydrogens is 297 g/mol. The second kappa shape index (κ2) is 4.84. The third-order valence-electron chi connectivity index (χ3n) is 2.50. The second-order valence-corrected chi connectivity index (χ2v) is 5.33. The maximum absolute atomic E-state index is 12.8. The van der Waals surface area contributed by atoms with Crippen molar-refractivity contribution >= 4 is 21.7 Å². The van der Waals surface area contributed by atoms with Crippen LogP contribution < -0.4 is 5.32 Å². The molecule has 0 aromatic carbocycles. The number of nitrogens with zero attached hydrogens (tertiary/aromatic N) is 1. The maximum atomic E-state index is 12.8. The van der Waals surface area contributed by atoms with Crippen LogP contribution in [0, 0.1) is 0 Å². The fraction of sp³-hybridized carbons (Fsp3) is 0.545. The Morgan fingerprint density at radius 1 is 1.35 bits per heavy atom. The van der Waals surface area contributed by atoms with Crippen LogP contribution in [-0.4, -0.2) is 10.5 Å². The van der Waals surface area contributed by atoms with E-state index in [1.54, 1.807) is 0 Å². The zero-order valence-electron chi connectivity index (χ0n) is 9.82. The topological polar surface area (TPSA) is 24.9 Å². The van der Waals surface area contributed by atoms with E-state index in [0.717, 1.165) is 6.07 Å². The highest BCUT2D eigenvalue weighted by Gasteiger charge is 2.35. The van der Waals surface area contributed by atoms with Crippen molar-refractivity contribution in [1.29, 1.82) is 0 Å². The van der Waals surface area contributed by atoms with Crippen LogP contribution in [0.2, 0.25) is 0 Å². The Bertz CT molecular complexity index is 402. The summed E-state index contributed by atoms with van der Waals surface area (Å²) in [7, 11) is 0. The van der Waals surface area contributed by atoms with Gasteiger partial charge in [-0.3, -0.25) is 0 Å². The molecular formula is C11H14BrF3N2. The van der Waals surface area contributed by atoms with Crippen LogP contribution in [0.1, 0.15) is 32.8 Å². The summed E-state index contributed by atoms with van der Waals surface area (Å²) >= 11 is 3.00. The van der Waals surface area contributed by atoms with Crippen LogP contribution in [0.5, 0.6) is 0 Å². The largest absolute Gasteiger partial charge is 0.419 e. The summed E-state index contributed by atoms with van der Waals surface area (Å²) in [5, 5.41) is 2.82. The smallest absolute Gasteiger partial charge is 0.365 e. The lowest BCUT2D eigenvalue weighted by Crippen LogP contribution is -2.31. The molecule has 0 aliphatic carbocycles. The van der Waals surface area contributed by atoms with Gasteiger partial charge in [0.05, 0.1) is 5.56 Å². The standard InChI is InChI=1S/C11H14BrF3N2/c1-4-10(2,3)17-9-8(11(13,14)15)5-7(12)6-16-9/h5-6H,4H2,1-3H3,(H,16,17). The Morgan fingerprint density at radius 2 is 1.94 bits per heavy atom. The molecule has 1 aromatic rings. The van der Waals surface area contributed by atoms with E-state index < -0.39 is 17.3 Å². The van der Waals surface area contributed by atoms with Crippen LogP contribution in [0.25, 0.3) is 0 Å². The van der Waals surface area contributed by atoms with E-state index in [2.05, 4.69) is 26.2 Å². The maximum Gasteiger partial charge on any atom is 0.419 e. The number of pyridine rings is 1. The van der Waals surface area contributed by atoms with E-state index in [4.69, 9.17) is 0 Å². The first-order chi connectivity index (χ1) is 7.65. The molecule has 96 valence electrons. The number of hydrogen-bond donors (Lipinski definition) is 1. The molecule has 6 heteroatoms. The lowest BCUT2D eigenvalue weighted by Gasteiger charge is -2.27. The van der Waals surface area contributed by atoms with E-state index >= 15 is 0 Å². The SMILES string of the molecule is CCC(C)(C)Nc1ncc(Br)cc1C(F)(F)F. The summed E-state index contributed by atoms with van der Waals surface area (Å²) in [5.41, 5.74) is -1.19. The minimum Gasteiger partial charge on any atom is -0.365 e. The number of aromatic nitrogens is 1. The molecule has 0 aliphatic rings. The molecule has 0 atom stereocenters. The van der Waals surface area contributed by atoms with Crippen molar-refractivity contribution in [2.24, 2.45) is 0 Å². The Balaban J connectivity index is 3.16. The van der Waals surface area contributed by atoms with Crippen LogP contribution in [-0.2, 0) is 6.18 Å². The molecule has 0 saturated heterocycles. The van der Waals surface area contributed by atoms with E-state index in [0.29, 0.717) is 10.9 Å². The van der Waals surface area contributed by atoms with E-state index in [-0.39, 0.29) is 5.82 Å². The zero-order chi connectivity index (χ0) is 13.3. The lowest BCUT2D eigenvalue weighted by molar-refractivity contribution is -0.137. The minimum atomic E-state index is -4.41. The molecule has 1 heterocycles. The first-order valence-electron chi connectivity index (χ1n) is 5.16. The minimum absolute atomic E-state index is 0.132. The predicted octanol–water partition coefficient (Wildman–Crippen LogP) is 4.46. The van der Waals surface area contributed by atoms with Crippen LogP contribution in [0.3, 0.4) is 0 Å². The highest BCUT2D eigenvalue weighted by molar-refractivity contribution is 9.10. The van der Waals surface area contributed by atoms with Gasteiger partial charge in [0.1, 0.15) is 5.82 Å². The average molecular weight is 311 g/mol. The van der Waals surface area contributed by atoms with Gasteiger partial charge < -0.3 is 5.32 Å². The van der Waals surface area contributed by atoms with Crippen LogP contribution >= 0.6 is 15.9 Å². The molecule has 0 amide bonds. The first kappa shape index (κ1) is 14.3. The van der Waals surface area contributed by atoms with Gasteiger partial charge in [-0.25, -0.2) is 4.98 Å². The second-order valence-electron chi connectivity index (χ2n) is 4.41. The monoisotopic (exact) mass is 310 g/mol. The highest BCUT2D eigenvalue weighted by atomic mass is 79.9. The normalized spacial score (nSPS) is 12.6. The summed E-state index contributed by atoms with van der Waals surface area (Å²) in [5.74, 6) is -0.132. The van der Waals surface area contributed by atoms with Crippen molar-refractivity contribution in [1.82, 2.24) is 4.98 Å². The third-order valence-corrected chi connectivity index (χ3v) is 2.93. The summed E-state index contributed by atoms with van der Waals surface area (Å²) in [6.45, 7) is 5.56. The Morgan fingerprint density at radius 3 is 2.41 bits per heavy atom. The molecule has 1 N–H and O–H groups in total. The van der Waals surface area contributed by atoms with E-state index in [9.17, 15) is 13.2 Å². The molecule has 0 radical (unpaired) electrons. The van der Waals surface area contributed by atoms with Crippen molar-refractivity contribution in [3.63, 3.8) is 0 Å². The molecule has 17 heavy (non-hydrogen) atoms. The Kier molecular flexibility index (Phi) is 4.06. The average Bonchev–Trinajstić information content (AvgIpc) is 2.19. The molecule has 0 aliphatic heterocycles. The number of alkyl halides is 3.